The molecule has 0 aliphatic heterocycles. The normalized spacial score (nSPS) is 10.0. The van der Waals surface area contributed by atoms with Gasteiger partial charge in [-0.25, -0.2) is 4.79 Å². The lowest BCUT2D eigenvalue weighted by Crippen LogP contribution is -2.31. The van der Waals surface area contributed by atoms with Crippen LogP contribution in [0, 0.1) is 0 Å². The number of nitrogens with one attached hydrogen (secondary N) is 2. The minimum absolute atomic E-state index is 0.0854. The maximum absolute atomic E-state index is 11.8. The van der Waals surface area contributed by atoms with Gasteiger partial charge >= 0.3 is 6.03 Å². The minimum Gasteiger partial charge on any atom is -0.494 e. The standard InChI is InChI=1S/C17H20N2O3S/c1-3-21-14-7-9-15(10-8-14)22-12-18-17(20)19-13-5-4-6-16(11-13)23-2/h4-11H,3,12H2,1-2H3,(H2,18,19,20). The monoisotopic (exact) mass is 332 g/mol. The summed E-state index contributed by atoms with van der Waals surface area (Å²) in [6, 6.07) is 14.6. The predicted molar refractivity (Wildman–Crippen MR) is 93.5 cm³/mol. The highest BCUT2D eigenvalue weighted by atomic mass is 32.2. The molecule has 2 aromatic rings. The molecule has 5 nitrogen and oxygen atoms in total. The second-order valence-corrected chi connectivity index (χ2v) is 5.44. The van der Waals surface area contributed by atoms with Crippen LogP contribution < -0.4 is 20.1 Å². The van der Waals surface area contributed by atoms with Crippen molar-refractivity contribution in [3.8, 4) is 11.5 Å². The van der Waals surface area contributed by atoms with E-state index in [1.807, 2.05) is 49.6 Å². The second kappa shape index (κ2) is 8.95. The Morgan fingerprint density at radius 3 is 2.43 bits per heavy atom. The Morgan fingerprint density at radius 1 is 1.09 bits per heavy atom. The van der Waals surface area contributed by atoms with E-state index in [2.05, 4.69) is 10.6 Å². The molecule has 23 heavy (non-hydrogen) atoms. The van der Waals surface area contributed by atoms with Crippen molar-refractivity contribution in [2.24, 2.45) is 0 Å². The summed E-state index contributed by atoms with van der Waals surface area (Å²) in [6.07, 6.45) is 1.99. The van der Waals surface area contributed by atoms with Crippen LogP contribution in [0.25, 0.3) is 0 Å². The molecular weight excluding hydrogens is 312 g/mol. The molecule has 0 atom stereocenters. The molecule has 2 aromatic carbocycles. The van der Waals surface area contributed by atoms with Gasteiger partial charge in [0, 0.05) is 10.6 Å². The average molecular weight is 332 g/mol. The molecule has 2 N–H and O–H groups in total. The first-order valence-electron chi connectivity index (χ1n) is 7.26. The van der Waals surface area contributed by atoms with Crippen molar-refractivity contribution in [1.82, 2.24) is 5.32 Å². The van der Waals surface area contributed by atoms with Crippen LogP contribution in [0.5, 0.6) is 11.5 Å². The minimum atomic E-state index is -0.311. The first-order chi connectivity index (χ1) is 11.2. The highest BCUT2D eigenvalue weighted by molar-refractivity contribution is 7.98. The number of hydrogen-bond acceptors (Lipinski definition) is 4. The van der Waals surface area contributed by atoms with Crippen molar-refractivity contribution in [1.29, 1.82) is 0 Å². The van der Waals surface area contributed by atoms with Gasteiger partial charge in [-0.05, 0) is 55.6 Å². The number of thioether (sulfide) groups is 1. The third-order valence-electron chi connectivity index (χ3n) is 2.93. The van der Waals surface area contributed by atoms with Crippen LogP contribution in [0.4, 0.5) is 10.5 Å². The largest absolute Gasteiger partial charge is 0.494 e. The van der Waals surface area contributed by atoms with Gasteiger partial charge in [-0.1, -0.05) is 6.07 Å². The fourth-order valence-electron chi connectivity index (χ4n) is 1.86. The summed E-state index contributed by atoms with van der Waals surface area (Å²) in [5.74, 6) is 1.46. The van der Waals surface area contributed by atoms with Gasteiger partial charge in [0.1, 0.15) is 11.5 Å². The number of benzene rings is 2. The molecule has 0 heterocycles. The number of carbonyl (C=O) groups excluding carboxylic acids is 1. The van der Waals surface area contributed by atoms with E-state index in [0.717, 1.165) is 16.3 Å². The maximum atomic E-state index is 11.8. The Balaban J connectivity index is 1.75. The van der Waals surface area contributed by atoms with Gasteiger partial charge in [0.2, 0.25) is 0 Å². The zero-order valence-electron chi connectivity index (χ0n) is 13.2. The van der Waals surface area contributed by atoms with Crippen molar-refractivity contribution in [2.45, 2.75) is 11.8 Å². The lowest BCUT2D eigenvalue weighted by atomic mass is 10.3. The van der Waals surface area contributed by atoms with Crippen LogP contribution in [0.2, 0.25) is 0 Å². The van der Waals surface area contributed by atoms with Crippen molar-refractivity contribution in [3.05, 3.63) is 48.5 Å². The van der Waals surface area contributed by atoms with E-state index in [9.17, 15) is 4.79 Å². The van der Waals surface area contributed by atoms with Crippen molar-refractivity contribution < 1.29 is 14.3 Å². The van der Waals surface area contributed by atoms with Crippen molar-refractivity contribution in [3.63, 3.8) is 0 Å². The SMILES string of the molecule is CCOc1ccc(OCNC(=O)Nc2cccc(SC)c2)cc1. The van der Waals surface area contributed by atoms with Crippen molar-refractivity contribution in [2.75, 3.05) is 24.9 Å². The average Bonchev–Trinajstić information content (AvgIpc) is 2.57. The maximum Gasteiger partial charge on any atom is 0.321 e. The van der Waals surface area contributed by atoms with Gasteiger partial charge < -0.3 is 20.1 Å². The number of urea groups is 1. The van der Waals surface area contributed by atoms with E-state index in [1.165, 1.54) is 0 Å². The van der Waals surface area contributed by atoms with Crippen LogP contribution in [0.3, 0.4) is 0 Å². The second-order valence-electron chi connectivity index (χ2n) is 4.56. The highest BCUT2D eigenvalue weighted by Crippen LogP contribution is 2.19. The lowest BCUT2D eigenvalue weighted by Gasteiger charge is -2.10. The quantitative estimate of drug-likeness (QED) is 0.595. The van der Waals surface area contributed by atoms with Crippen LogP contribution in [0.15, 0.2) is 53.4 Å². The molecule has 0 unspecified atom stereocenters. The first kappa shape index (κ1) is 17.0. The molecule has 0 aromatic heterocycles. The van der Waals surface area contributed by atoms with Gasteiger partial charge in [-0.15, -0.1) is 11.8 Å². The molecule has 122 valence electrons. The lowest BCUT2D eigenvalue weighted by molar-refractivity contribution is 0.234. The van der Waals surface area contributed by atoms with Crippen LogP contribution in [-0.4, -0.2) is 25.6 Å². The third-order valence-corrected chi connectivity index (χ3v) is 3.66. The fourth-order valence-corrected chi connectivity index (χ4v) is 2.32. The topological polar surface area (TPSA) is 59.6 Å². The first-order valence-corrected chi connectivity index (χ1v) is 8.48. The van der Waals surface area contributed by atoms with E-state index in [-0.39, 0.29) is 12.8 Å². The van der Waals surface area contributed by atoms with E-state index in [4.69, 9.17) is 9.47 Å². The van der Waals surface area contributed by atoms with E-state index >= 15 is 0 Å². The molecule has 0 spiro atoms. The molecule has 2 rings (SSSR count). The Kier molecular flexibility index (Phi) is 6.62. The fraction of sp³-hybridized carbons (Fsp3) is 0.235. The summed E-state index contributed by atoms with van der Waals surface area (Å²) >= 11 is 1.62. The molecule has 0 aliphatic carbocycles. The van der Waals surface area contributed by atoms with Gasteiger partial charge in [0.05, 0.1) is 6.61 Å². The zero-order chi connectivity index (χ0) is 16.5. The molecular formula is C17H20N2O3S. The Morgan fingerprint density at radius 2 is 1.78 bits per heavy atom. The summed E-state index contributed by atoms with van der Waals surface area (Å²) in [6.45, 7) is 2.64. The number of carbonyl (C=O) groups is 1. The number of hydrogen-bond donors (Lipinski definition) is 2. The summed E-state index contributed by atoms with van der Waals surface area (Å²) in [7, 11) is 0. The Bertz CT molecular complexity index is 632. The highest BCUT2D eigenvalue weighted by Gasteiger charge is 2.02. The van der Waals surface area contributed by atoms with Crippen LogP contribution in [-0.2, 0) is 0 Å². The summed E-state index contributed by atoms with van der Waals surface area (Å²) < 4.78 is 10.8. The van der Waals surface area contributed by atoms with E-state index < -0.39 is 0 Å². The Labute approximate surface area is 140 Å². The molecule has 0 radical (unpaired) electrons. The van der Waals surface area contributed by atoms with Gasteiger partial charge in [-0.2, -0.15) is 0 Å². The van der Waals surface area contributed by atoms with E-state index in [0.29, 0.717) is 12.4 Å². The molecule has 0 aliphatic rings. The number of rotatable bonds is 7. The Hall–Kier alpha value is -2.34. The molecule has 2 amide bonds. The summed E-state index contributed by atoms with van der Waals surface area (Å²) in [4.78, 5) is 12.9. The molecule has 0 bridgehead atoms. The smallest absolute Gasteiger partial charge is 0.321 e. The number of anilines is 1. The van der Waals surface area contributed by atoms with E-state index in [1.54, 1.807) is 23.9 Å². The zero-order valence-corrected chi connectivity index (χ0v) is 14.0. The van der Waals surface area contributed by atoms with Crippen LogP contribution >= 0.6 is 11.8 Å². The number of amides is 2. The summed E-state index contributed by atoms with van der Waals surface area (Å²) in [5, 5.41) is 5.41. The molecule has 0 saturated heterocycles. The summed E-state index contributed by atoms with van der Waals surface area (Å²) in [5.41, 5.74) is 0.746. The predicted octanol–water partition coefficient (Wildman–Crippen LogP) is 3.97. The number of ether oxygens (including phenoxy) is 2. The van der Waals surface area contributed by atoms with Gasteiger partial charge in [0.25, 0.3) is 0 Å². The van der Waals surface area contributed by atoms with Crippen LogP contribution in [0.1, 0.15) is 6.92 Å². The third kappa shape index (κ3) is 5.75. The molecule has 0 saturated carbocycles. The van der Waals surface area contributed by atoms with Crippen molar-refractivity contribution >= 4 is 23.5 Å². The van der Waals surface area contributed by atoms with Gasteiger partial charge in [-0.3, -0.25) is 0 Å². The van der Waals surface area contributed by atoms with Gasteiger partial charge in [0.15, 0.2) is 6.73 Å². The molecule has 0 fully saturated rings. The molecule has 6 heteroatoms.